The van der Waals surface area contributed by atoms with Gasteiger partial charge in [-0.1, -0.05) is 45.0 Å². The third-order valence-corrected chi connectivity index (χ3v) is 2.51. The molecule has 0 N–H and O–H groups in total. The smallest absolute Gasteiger partial charge is 0.146 e. The average Bonchev–Trinajstić information content (AvgIpc) is 2.26. The summed E-state index contributed by atoms with van der Waals surface area (Å²) in [6.45, 7) is 6.34. The fraction of sp³-hybridized carbons (Fsp3) is 0.357. The fourth-order valence-corrected chi connectivity index (χ4v) is 1.41. The number of rotatable bonds is 4. The van der Waals surface area contributed by atoms with E-state index in [1.807, 2.05) is 13.0 Å². The minimum atomic E-state index is 0.555. The molecule has 0 unspecified atom stereocenters. The van der Waals surface area contributed by atoms with Gasteiger partial charge in [-0.3, -0.25) is 4.79 Å². The average molecular weight is 202 g/mol. The molecule has 0 spiro atoms. The third-order valence-electron chi connectivity index (χ3n) is 2.51. The van der Waals surface area contributed by atoms with Crippen LogP contribution in [0.4, 0.5) is 0 Å². The number of benzene rings is 1. The Morgan fingerprint density at radius 1 is 1.27 bits per heavy atom. The predicted molar refractivity (Wildman–Crippen MR) is 64.9 cm³/mol. The third kappa shape index (κ3) is 3.35. The molecule has 1 aromatic carbocycles. The molecule has 0 fully saturated rings. The first kappa shape index (κ1) is 11.7. The first-order valence-corrected chi connectivity index (χ1v) is 5.43. The maximum absolute atomic E-state index is 10.6. The lowest BCUT2D eigenvalue weighted by molar-refractivity contribution is -0.104. The lowest BCUT2D eigenvalue weighted by Crippen LogP contribution is -1.87. The molecule has 1 heteroatoms. The Morgan fingerprint density at radius 2 is 1.87 bits per heavy atom. The van der Waals surface area contributed by atoms with Crippen LogP contribution in [0.5, 0.6) is 0 Å². The van der Waals surface area contributed by atoms with Crippen molar-refractivity contribution in [2.24, 2.45) is 0 Å². The highest BCUT2D eigenvalue weighted by molar-refractivity contribution is 5.81. The van der Waals surface area contributed by atoms with Gasteiger partial charge in [-0.15, -0.1) is 0 Å². The van der Waals surface area contributed by atoms with E-state index in [2.05, 4.69) is 38.1 Å². The van der Waals surface area contributed by atoms with E-state index in [0.717, 1.165) is 23.8 Å². The maximum atomic E-state index is 10.6. The van der Waals surface area contributed by atoms with Crippen molar-refractivity contribution in [2.75, 3.05) is 0 Å². The van der Waals surface area contributed by atoms with Crippen LogP contribution in [0.15, 0.2) is 29.8 Å². The predicted octanol–water partition coefficient (Wildman–Crippen LogP) is 3.80. The van der Waals surface area contributed by atoms with Crippen LogP contribution >= 0.6 is 0 Å². The molecule has 0 saturated heterocycles. The summed E-state index contributed by atoms with van der Waals surface area (Å²) in [6.07, 6.45) is 3.66. The van der Waals surface area contributed by atoms with Gasteiger partial charge in [0.2, 0.25) is 0 Å². The summed E-state index contributed by atoms with van der Waals surface area (Å²) in [5, 5.41) is 0. The first-order valence-electron chi connectivity index (χ1n) is 5.43. The largest absolute Gasteiger partial charge is 0.298 e. The Labute approximate surface area is 91.8 Å². The second-order valence-electron chi connectivity index (χ2n) is 4.01. The Kier molecular flexibility index (Phi) is 4.29. The van der Waals surface area contributed by atoms with Crippen molar-refractivity contribution in [3.63, 3.8) is 0 Å². The van der Waals surface area contributed by atoms with Crippen LogP contribution in [0.1, 0.15) is 44.2 Å². The number of carbonyl (C=O) groups is 1. The molecule has 80 valence electrons. The minimum Gasteiger partial charge on any atom is -0.298 e. The van der Waals surface area contributed by atoms with Crippen molar-refractivity contribution in [3.05, 3.63) is 41.0 Å². The molecule has 0 atom stereocenters. The molecule has 0 bridgehead atoms. The van der Waals surface area contributed by atoms with Crippen LogP contribution in [0.3, 0.4) is 0 Å². The summed E-state index contributed by atoms with van der Waals surface area (Å²) in [4.78, 5) is 10.6. The van der Waals surface area contributed by atoms with Gasteiger partial charge in [-0.2, -0.15) is 0 Å². The van der Waals surface area contributed by atoms with Crippen LogP contribution in [0, 0.1) is 0 Å². The van der Waals surface area contributed by atoms with Gasteiger partial charge in [-0.25, -0.2) is 0 Å². The summed E-state index contributed by atoms with van der Waals surface area (Å²) in [5.41, 5.74) is 3.27. The number of hydrogen-bond acceptors (Lipinski definition) is 1. The zero-order valence-electron chi connectivity index (χ0n) is 9.66. The van der Waals surface area contributed by atoms with Crippen molar-refractivity contribution < 1.29 is 4.79 Å². The Hall–Kier alpha value is -1.37. The van der Waals surface area contributed by atoms with Gasteiger partial charge < -0.3 is 0 Å². The number of carbonyl (C=O) groups excluding carboxylic acids is 1. The van der Waals surface area contributed by atoms with Crippen LogP contribution < -0.4 is 0 Å². The molecule has 1 aromatic rings. The minimum absolute atomic E-state index is 0.555. The van der Waals surface area contributed by atoms with Crippen LogP contribution in [0.25, 0.3) is 6.08 Å². The summed E-state index contributed by atoms with van der Waals surface area (Å²) >= 11 is 0. The molecule has 0 radical (unpaired) electrons. The SMILES string of the molecule is CC/C(C=O)=C\c1ccc(C(C)C)cc1. The Balaban J connectivity index is 2.89. The van der Waals surface area contributed by atoms with Gasteiger partial charge in [0.1, 0.15) is 6.29 Å². The Bertz CT molecular complexity index is 344. The summed E-state index contributed by atoms with van der Waals surface area (Å²) in [7, 11) is 0. The molecular weight excluding hydrogens is 184 g/mol. The van der Waals surface area contributed by atoms with Gasteiger partial charge >= 0.3 is 0 Å². The maximum Gasteiger partial charge on any atom is 0.146 e. The van der Waals surface area contributed by atoms with E-state index in [9.17, 15) is 4.79 Å². The normalized spacial score (nSPS) is 11.9. The fourth-order valence-electron chi connectivity index (χ4n) is 1.41. The summed E-state index contributed by atoms with van der Waals surface area (Å²) in [5.74, 6) is 0.555. The van der Waals surface area contributed by atoms with Crippen LogP contribution in [-0.2, 0) is 4.79 Å². The number of hydrogen-bond donors (Lipinski definition) is 0. The van der Waals surface area contributed by atoms with Gasteiger partial charge in [0.15, 0.2) is 0 Å². The van der Waals surface area contributed by atoms with Gasteiger partial charge in [0, 0.05) is 0 Å². The van der Waals surface area contributed by atoms with E-state index in [-0.39, 0.29) is 0 Å². The van der Waals surface area contributed by atoms with Crippen molar-refractivity contribution in [1.82, 2.24) is 0 Å². The molecule has 0 saturated carbocycles. The van der Waals surface area contributed by atoms with Crippen molar-refractivity contribution in [2.45, 2.75) is 33.1 Å². The zero-order chi connectivity index (χ0) is 11.3. The molecular formula is C14H18O. The molecule has 0 aliphatic carbocycles. The molecule has 0 aromatic heterocycles. The highest BCUT2D eigenvalue weighted by Crippen LogP contribution is 2.16. The van der Waals surface area contributed by atoms with E-state index < -0.39 is 0 Å². The highest BCUT2D eigenvalue weighted by atomic mass is 16.1. The van der Waals surface area contributed by atoms with E-state index in [0.29, 0.717) is 5.92 Å². The van der Waals surface area contributed by atoms with Crippen molar-refractivity contribution in [1.29, 1.82) is 0 Å². The molecule has 0 aliphatic rings. The van der Waals surface area contributed by atoms with Gasteiger partial charge in [-0.05, 0) is 35.1 Å². The first-order chi connectivity index (χ1) is 7.17. The van der Waals surface area contributed by atoms with E-state index >= 15 is 0 Å². The highest BCUT2D eigenvalue weighted by Gasteiger charge is 1.98. The lowest BCUT2D eigenvalue weighted by Gasteiger charge is -2.05. The molecule has 1 nitrogen and oxygen atoms in total. The molecule has 0 amide bonds. The monoisotopic (exact) mass is 202 g/mol. The molecule has 0 heterocycles. The van der Waals surface area contributed by atoms with E-state index in [1.54, 1.807) is 0 Å². The van der Waals surface area contributed by atoms with Crippen LogP contribution in [0.2, 0.25) is 0 Å². The number of allylic oxidation sites excluding steroid dienone is 1. The second kappa shape index (κ2) is 5.50. The molecule has 15 heavy (non-hydrogen) atoms. The number of aldehydes is 1. The van der Waals surface area contributed by atoms with E-state index in [1.165, 1.54) is 5.56 Å². The standard InChI is InChI=1S/C14H18O/c1-4-12(10-15)9-13-5-7-14(8-6-13)11(2)3/h5-11H,4H2,1-3H3/b12-9+. The van der Waals surface area contributed by atoms with Gasteiger partial charge in [0.05, 0.1) is 0 Å². The lowest BCUT2D eigenvalue weighted by atomic mass is 10.0. The quantitative estimate of drug-likeness (QED) is 0.536. The summed E-state index contributed by atoms with van der Waals surface area (Å²) < 4.78 is 0. The van der Waals surface area contributed by atoms with E-state index in [4.69, 9.17) is 0 Å². The van der Waals surface area contributed by atoms with Gasteiger partial charge in [0.25, 0.3) is 0 Å². The van der Waals surface area contributed by atoms with Crippen LogP contribution in [-0.4, -0.2) is 6.29 Å². The molecule has 0 aliphatic heterocycles. The zero-order valence-corrected chi connectivity index (χ0v) is 9.66. The molecule has 1 rings (SSSR count). The van der Waals surface area contributed by atoms with Crippen molar-refractivity contribution in [3.8, 4) is 0 Å². The summed E-state index contributed by atoms with van der Waals surface area (Å²) in [6, 6.07) is 8.37. The van der Waals surface area contributed by atoms with Crippen molar-refractivity contribution >= 4 is 12.4 Å². The second-order valence-corrected chi connectivity index (χ2v) is 4.01. The Morgan fingerprint density at radius 3 is 2.27 bits per heavy atom. The topological polar surface area (TPSA) is 17.1 Å².